The molecule has 0 aromatic heterocycles. The summed E-state index contributed by atoms with van der Waals surface area (Å²) in [5, 5.41) is 4.02. The van der Waals surface area contributed by atoms with Gasteiger partial charge in [0.05, 0.1) is 6.21 Å². The predicted octanol–water partition coefficient (Wildman–Crippen LogP) is 4.86. The number of ether oxygens (including phenoxy) is 1. The van der Waals surface area contributed by atoms with Crippen LogP contribution >= 0.6 is 15.9 Å². The molecule has 1 N–H and O–H groups in total. The highest BCUT2D eigenvalue weighted by Crippen LogP contribution is 2.16. The van der Waals surface area contributed by atoms with E-state index in [2.05, 4.69) is 26.5 Å². The Bertz CT molecular complexity index is 967. The molecule has 0 unspecified atom stereocenters. The number of hydrogen-bond donors (Lipinski definition) is 1. The standard InChI is InChI=1S/C23H22BrN3O2/c1-27(2)21-11-5-17(6-12-21)15-25-26-23(28)19-7-13-22(14-8-19)29-16-18-3-9-20(24)10-4-18/h3-15H,16H2,1-2H3,(H,26,28). The van der Waals surface area contributed by atoms with Gasteiger partial charge in [-0.25, -0.2) is 5.43 Å². The van der Waals surface area contributed by atoms with Crippen molar-refractivity contribution in [2.75, 3.05) is 19.0 Å². The van der Waals surface area contributed by atoms with Gasteiger partial charge in [-0.05, 0) is 59.7 Å². The van der Waals surface area contributed by atoms with Crippen LogP contribution in [0.3, 0.4) is 0 Å². The highest BCUT2D eigenvalue weighted by atomic mass is 79.9. The van der Waals surface area contributed by atoms with Crippen LogP contribution in [0, 0.1) is 0 Å². The molecule has 0 fully saturated rings. The van der Waals surface area contributed by atoms with Crippen molar-refractivity contribution in [3.63, 3.8) is 0 Å². The van der Waals surface area contributed by atoms with Crippen LogP contribution in [0.5, 0.6) is 5.75 Å². The van der Waals surface area contributed by atoms with Crippen LogP contribution in [0.4, 0.5) is 5.69 Å². The second kappa shape index (κ2) is 9.89. The van der Waals surface area contributed by atoms with Crippen molar-refractivity contribution in [1.29, 1.82) is 0 Å². The van der Waals surface area contributed by atoms with Crippen molar-refractivity contribution in [3.8, 4) is 5.75 Å². The minimum absolute atomic E-state index is 0.273. The largest absolute Gasteiger partial charge is 0.489 e. The van der Waals surface area contributed by atoms with Crippen molar-refractivity contribution in [1.82, 2.24) is 5.43 Å². The van der Waals surface area contributed by atoms with Gasteiger partial charge in [-0.2, -0.15) is 5.10 Å². The van der Waals surface area contributed by atoms with Gasteiger partial charge in [0, 0.05) is 29.8 Å². The fourth-order valence-corrected chi connectivity index (χ4v) is 2.80. The van der Waals surface area contributed by atoms with E-state index >= 15 is 0 Å². The zero-order valence-electron chi connectivity index (χ0n) is 16.3. The highest BCUT2D eigenvalue weighted by molar-refractivity contribution is 9.10. The number of benzene rings is 3. The number of amides is 1. The second-order valence-electron chi connectivity index (χ2n) is 6.62. The normalized spacial score (nSPS) is 10.7. The van der Waals surface area contributed by atoms with Crippen LogP contribution in [-0.4, -0.2) is 26.2 Å². The van der Waals surface area contributed by atoms with Gasteiger partial charge in [0.2, 0.25) is 0 Å². The van der Waals surface area contributed by atoms with Crippen LogP contribution < -0.4 is 15.1 Å². The van der Waals surface area contributed by atoms with E-state index in [1.165, 1.54) is 0 Å². The summed E-state index contributed by atoms with van der Waals surface area (Å²) in [5.41, 5.74) is 6.14. The maximum Gasteiger partial charge on any atom is 0.271 e. The van der Waals surface area contributed by atoms with Crippen molar-refractivity contribution < 1.29 is 9.53 Å². The molecule has 3 aromatic rings. The van der Waals surface area contributed by atoms with Crippen LogP contribution in [0.2, 0.25) is 0 Å². The molecule has 0 atom stereocenters. The molecular formula is C23H22BrN3O2. The fraction of sp³-hybridized carbons (Fsp3) is 0.130. The Morgan fingerprint density at radius 1 is 1.00 bits per heavy atom. The maximum atomic E-state index is 12.2. The van der Waals surface area contributed by atoms with Crippen LogP contribution in [-0.2, 0) is 6.61 Å². The minimum Gasteiger partial charge on any atom is -0.489 e. The number of hydrazone groups is 1. The third kappa shape index (κ3) is 6.19. The van der Waals surface area contributed by atoms with E-state index in [0.717, 1.165) is 21.3 Å². The van der Waals surface area contributed by atoms with Gasteiger partial charge in [-0.15, -0.1) is 0 Å². The number of carbonyl (C=O) groups is 1. The van der Waals surface area contributed by atoms with E-state index in [9.17, 15) is 4.79 Å². The maximum absolute atomic E-state index is 12.2. The lowest BCUT2D eigenvalue weighted by atomic mass is 10.2. The molecule has 29 heavy (non-hydrogen) atoms. The molecule has 0 spiro atoms. The number of halogens is 1. The molecule has 1 amide bonds. The topological polar surface area (TPSA) is 53.9 Å². The Hall–Kier alpha value is -3.12. The van der Waals surface area contributed by atoms with Crippen molar-refractivity contribution in [3.05, 3.63) is 94.0 Å². The van der Waals surface area contributed by atoms with E-state index in [0.29, 0.717) is 17.9 Å². The molecule has 0 saturated heterocycles. The number of nitrogens with zero attached hydrogens (tertiary/aromatic N) is 2. The Morgan fingerprint density at radius 3 is 2.28 bits per heavy atom. The molecular weight excluding hydrogens is 430 g/mol. The summed E-state index contributed by atoms with van der Waals surface area (Å²) in [4.78, 5) is 14.2. The summed E-state index contributed by atoms with van der Waals surface area (Å²) in [5.74, 6) is 0.430. The Morgan fingerprint density at radius 2 is 1.66 bits per heavy atom. The first-order valence-corrected chi connectivity index (χ1v) is 9.89. The minimum atomic E-state index is -0.273. The first kappa shape index (κ1) is 20.6. The number of nitrogens with one attached hydrogen (secondary N) is 1. The molecule has 5 nitrogen and oxygen atoms in total. The predicted molar refractivity (Wildman–Crippen MR) is 121 cm³/mol. The highest BCUT2D eigenvalue weighted by Gasteiger charge is 2.05. The smallest absolute Gasteiger partial charge is 0.271 e. The summed E-state index contributed by atoms with van der Waals surface area (Å²) >= 11 is 3.41. The molecule has 0 aliphatic rings. The third-order valence-electron chi connectivity index (χ3n) is 4.22. The van der Waals surface area contributed by atoms with E-state index in [1.54, 1.807) is 30.5 Å². The quantitative estimate of drug-likeness (QED) is 0.412. The van der Waals surface area contributed by atoms with Gasteiger partial charge in [0.15, 0.2) is 0 Å². The lowest BCUT2D eigenvalue weighted by molar-refractivity contribution is 0.0955. The van der Waals surface area contributed by atoms with E-state index < -0.39 is 0 Å². The Balaban J connectivity index is 1.51. The number of rotatable bonds is 7. The zero-order chi connectivity index (χ0) is 20.6. The molecule has 0 bridgehead atoms. The van der Waals surface area contributed by atoms with Gasteiger partial charge in [-0.3, -0.25) is 4.79 Å². The molecule has 0 aliphatic carbocycles. The van der Waals surface area contributed by atoms with Crippen LogP contribution in [0.1, 0.15) is 21.5 Å². The van der Waals surface area contributed by atoms with Crippen molar-refractivity contribution >= 4 is 33.7 Å². The van der Waals surface area contributed by atoms with Gasteiger partial charge in [-0.1, -0.05) is 40.2 Å². The molecule has 0 saturated carbocycles. The molecule has 3 rings (SSSR count). The molecule has 0 aliphatic heterocycles. The van der Waals surface area contributed by atoms with Gasteiger partial charge in [0.1, 0.15) is 12.4 Å². The average Bonchev–Trinajstić information content (AvgIpc) is 2.74. The number of hydrogen-bond acceptors (Lipinski definition) is 4. The van der Waals surface area contributed by atoms with Gasteiger partial charge in [0.25, 0.3) is 5.91 Å². The number of anilines is 1. The van der Waals surface area contributed by atoms with E-state index in [-0.39, 0.29) is 5.91 Å². The SMILES string of the molecule is CN(C)c1ccc(C=NNC(=O)c2ccc(OCc3ccc(Br)cc3)cc2)cc1. The molecule has 148 valence electrons. The lowest BCUT2D eigenvalue weighted by Crippen LogP contribution is -2.17. The number of carbonyl (C=O) groups excluding carboxylic acids is 1. The zero-order valence-corrected chi connectivity index (χ0v) is 17.9. The van der Waals surface area contributed by atoms with E-state index in [4.69, 9.17) is 4.74 Å². The lowest BCUT2D eigenvalue weighted by Gasteiger charge is -2.11. The van der Waals surface area contributed by atoms with E-state index in [1.807, 2.05) is 67.5 Å². The van der Waals surface area contributed by atoms with Crippen LogP contribution in [0.15, 0.2) is 82.4 Å². The summed E-state index contributed by atoms with van der Waals surface area (Å²) in [7, 11) is 3.97. The van der Waals surface area contributed by atoms with Gasteiger partial charge < -0.3 is 9.64 Å². The Kier molecular flexibility index (Phi) is 7.03. The third-order valence-corrected chi connectivity index (χ3v) is 4.75. The molecule has 0 radical (unpaired) electrons. The average molecular weight is 452 g/mol. The molecule has 3 aromatic carbocycles. The Labute approximate surface area is 179 Å². The summed E-state index contributed by atoms with van der Waals surface area (Å²) in [6.07, 6.45) is 1.62. The molecule has 0 heterocycles. The van der Waals surface area contributed by atoms with Crippen molar-refractivity contribution in [2.45, 2.75) is 6.61 Å². The second-order valence-corrected chi connectivity index (χ2v) is 7.54. The summed E-state index contributed by atoms with van der Waals surface area (Å²) < 4.78 is 6.78. The fourth-order valence-electron chi connectivity index (χ4n) is 2.54. The van der Waals surface area contributed by atoms with Gasteiger partial charge >= 0.3 is 0 Å². The first-order chi connectivity index (χ1) is 14.0. The monoisotopic (exact) mass is 451 g/mol. The summed E-state index contributed by atoms with van der Waals surface area (Å²) in [6.45, 7) is 0.468. The van der Waals surface area contributed by atoms with Crippen molar-refractivity contribution in [2.24, 2.45) is 5.10 Å². The van der Waals surface area contributed by atoms with Crippen LogP contribution in [0.25, 0.3) is 0 Å². The summed E-state index contributed by atoms with van der Waals surface area (Å²) in [6, 6.07) is 22.8. The first-order valence-electron chi connectivity index (χ1n) is 9.09. The molecule has 6 heteroatoms.